The maximum absolute atomic E-state index is 13.2. The molecule has 1 aromatic rings. The number of hydrogen-bond acceptors (Lipinski definition) is 3. The number of nitrogens with two attached hydrogens (primary N) is 1. The number of carbonyl (C=O) groups excluding carboxylic acids is 1. The van der Waals surface area contributed by atoms with Crippen LogP contribution < -0.4 is 11.1 Å². The van der Waals surface area contributed by atoms with Crippen LogP contribution in [0.2, 0.25) is 0 Å². The number of nitrogens with one attached hydrogen (secondary N) is 1. The van der Waals surface area contributed by atoms with Crippen LogP contribution >= 0.6 is 12.4 Å². The summed E-state index contributed by atoms with van der Waals surface area (Å²) in [6, 6.07) is 5.43. The first-order valence-corrected chi connectivity index (χ1v) is 9.58. The van der Waals surface area contributed by atoms with E-state index in [1.165, 1.54) is 12.1 Å². The zero-order chi connectivity index (χ0) is 19.5. The Morgan fingerprint density at radius 2 is 1.75 bits per heavy atom. The van der Waals surface area contributed by atoms with Gasteiger partial charge in [-0.15, -0.1) is 12.4 Å². The van der Waals surface area contributed by atoms with Crippen molar-refractivity contribution in [1.29, 1.82) is 0 Å². The third-order valence-electron chi connectivity index (χ3n) is 6.04. The van der Waals surface area contributed by atoms with Gasteiger partial charge in [0.15, 0.2) is 0 Å². The molecular formula is C20H28ClF3N2O2. The molecular weight excluding hydrogens is 393 g/mol. The molecule has 3 rings (SSSR count). The SMILES string of the molecule is Cl.NC1(C(=O)NCC2(c3cccc(C(F)(F)F)c3)CCOCC2)CCCCC1. The van der Waals surface area contributed by atoms with E-state index in [0.29, 0.717) is 44.5 Å². The van der Waals surface area contributed by atoms with Crippen LogP contribution in [0.5, 0.6) is 0 Å². The Hall–Kier alpha value is -1.31. The van der Waals surface area contributed by atoms with Crippen molar-refractivity contribution in [3.8, 4) is 0 Å². The minimum Gasteiger partial charge on any atom is -0.381 e. The fourth-order valence-electron chi connectivity index (χ4n) is 4.19. The maximum atomic E-state index is 13.2. The zero-order valence-electron chi connectivity index (χ0n) is 15.8. The monoisotopic (exact) mass is 420 g/mol. The minimum absolute atomic E-state index is 0. The molecule has 4 nitrogen and oxygen atoms in total. The summed E-state index contributed by atoms with van der Waals surface area (Å²) in [5, 5.41) is 2.96. The number of carbonyl (C=O) groups is 1. The Kier molecular flexibility index (Phi) is 7.39. The third-order valence-corrected chi connectivity index (χ3v) is 6.04. The number of alkyl halides is 3. The molecule has 0 spiro atoms. The molecule has 1 saturated carbocycles. The summed E-state index contributed by atoms with van der Waals surface area (Å²) in [6.45, 7) is 1.19. The van der Waals surface area contributed by atoms with Gasteiger partial charge in [0.05, 0.1) is 11.1 Å². The first-order valence-electron chi connectivity index (χ1n) is 9.58. The van der Waals surface area contributed by atoms with E-state index < -0.39 is 22.7 Å². The van der Waals surface area contributed by atoms with Gasteiger partial charge in [0.2, 0.25) is 5.91 Å². The highest BCUT2D eigenvalue weighted by molar-refractivity contribution is 5.86. The Bertz CT molecular complexity index is 670. The van der Waals surface area contributed by atoms with Crippen molar-refractivity contribution in [1.82, 2.24) is 5.32 Å². The minimum atomic E-state index is -4.39. The molecule has 2 aliphatic rings. The van der Waals surface area contributed by atoms with Gasteiger partial charge in [-0.1, -0.05) is 37.5 Å². The number of amides is 1. The van der Waals surface area contributed by atoms with Crippen molar-refractivity contribution in [2.45, 2.75) is 62.1 Å². The normalized spacial score (nSPS) is 21.4. The fraction of sp³-hybridized carbons (Fsp3) is 0.650. The number of rotatable bonds is 4. The van der Waals surface area contributed by atoms with E-state index in [2.05, 4.69) is 5.32 Å². The highest BCUT2D eigenvalue weighted by atomic mass is 35.5. The van der Waals surface area contributed by atoms with E-state index in [-0.39, 0.29) is 24.9 Å². The quantitative estimate of drug-likeness (QED) is 0.775. The van der Waals surface area contributed by atoms with Crippen LogP contribution in [0.25, 0.3) is 0 Å². The molecule has 0 bridgehead atoms. The second kappa shape index (κ2) is 9.01. The summed E-state index contributed by atoms with van der Waals surface area (Å²) >= 11 is 0. The Balaban J connectivity index is 0.00000280. The van der Waals surface area contributed by atoms with E-state index in [1.807, 2.05) is 0 Å². The molecule has 1 amide bonds. The molecule has 1 aliphatic heterocycles. The molecule has 0 atom stereocenters. The molecule has 0 unspecified atom stereocenters. The summed E-state index contributed by atoms with van der Waals surface area (Å²) in [5.41, 5.74) is 4.79. The molecule has 1 aliphatic carbocycles. The van der Waals surface area contributed by atoms with Crippen molar-refractivity contribution in [3.63, 3.8) is 0 Å². The number of hydrogen-bond donors (Lipinski definition) is 2. The van der Waals surface area contributed by atoms with Crippen LogP contribution in [-0.2, 0) is 21.1 Å². The predicted octanol–water partition coefficient (Wildman–Crippen LogP) is 3.95. The number of benzene rings is 1. The molecule has 8 heteroatoms. The number of halogens is 4. The molecule has 1 heterocycles. The molecule has 158 valence electrons. The van der Waals surface area contributed by atoms with Gasteiger partial charge in [-0.3, -0.25) is 4.79 Å². The smallest absolute Gasteiger partial charge is 0.381 e. The third kappa shape index (κ3) is 4.99. The molecule has 0 aromatic heterocycles. The van der Waals surface area contributed by atoms with Crippen molar-refractivity contribution >= 4 is 18.3 Å². The fourth-order valence-corrected chi connectivity index (χ4v) is 4.19. The van der Waals surface area contributed by atoms with E-state index in [1.54, 1.807) is 6.07 Å². The van der Waals surface area contributed by atoms with E-state index in [4.69, 9.17) is 10.5 Å². The molecule has 2 fully saturated rings. The van der Waals surface area contributed by atoms with E-state index in [9.17, 15) is 18.0 Å². The van der Waals surface area contributed by atoms with Gasteiger partial charge >= 0.3 is 6.18 Å². The molecule has 3 N–H and O–H groups in total. The number of ether oxygens (including phenoxy) is 1. The second-order valence-corrected chi connectivity index (χ2v) is 7.87. The predicted molar refractivity (Wildman–Crippen MR) is 103 cm³/mol. The van der Waals surface area contributed by atoms with E-state index >= 15 is 0 Å². The molecule has 1 aromatic carbocycles. The van der Waals surface area contributed by atoms with Crippen LogP contribution in [0, 0.1) is 0 Å². The van der Waals surface area contributed by atoms with Crippen LogP contribution in [0.4, 0.5) is 13.2 Å². The average Bonchev–Trinajstić information content (AvgIpc) is 2.67. The van der Waals surface area contributed by atoms with Gasteiger partial charge in [-0.05, 0) is 37.3 Å². The van der Waals surface area contributed by atoms with Gasteiger partial charge in [0.1, 0.15) is 0 Å². The lowest BCUT2D eigenvalue weighted by atomic mass is 9.73. The summed E-state index contributed by atoms with van der Waals surface area (Å²) in [7, 11) is 0. The second-order valence-electron chi connectivity index (χ2n) is 7.87. The van der Waals surface area contributed by atoms with Gasteiger partial charge < -0.3 is 15.8 Å². The Morgan fingerprint density at radius 1 is 1.11 bits per heavy atom. The van der Waals surface area contributed by atoms with Gasteiger partial charge in [-0.25, -0.2) is 0 Å². The highest BCUT2D eigenvalue weighted by Gasteiger charge is 2.40. The first kappa shape index (κ1) is 23.0. The standard InChI is InChI=1S/C20H27F3N2O2.ClH/c21-20(22,23)16-6-4-5-15(13-16)18(9-11-27-12-10-18)14-25-17(26)19(24)7-2-1-3-8-19;/h4-6,13H,1-3,7-12,14,24H2,(H,25,26);1H. The molecule has 28 heavy (non-hydrogen) atoms. The van der Waals surface area contributed by atoms with Crippen molar-refractivity contribution < 1.29 is 22.7 Å². The Morgan fingerprint density at radius 3 is 2.36 bits per heavy atom. The summed E-state index contributed by atoms with van der Waals surface area (Å²) < 4.78 is 44.9. The topological polar surface area (TPSA) is 64.4 Å². The first-order chi connectivity index (χ1) is 12.8. The van der Waals surface area contributed by atoms with Gasteiger partial charge in [0, 0.05) is 25.2 Å². The highest BCUT2D eigenvalue weighted by Crippen LogP contribution is 2.38. The summed E-state index contributed by atoms with van der Waals surface area (Å²) in [5.74, 6) is -0.194. The molecule has 1 saturated heterocycles. The van der Waals surface area contributed by atoms with Crippen LogP contribution in [0.15, 0.2) is 24.3 Å². The maximum Gasteiger partial charge on any atom is 0.416 e. The van der Waals surface area contributed by atoms with Crippen molar-refractivity contribution in [2.24, 2.45) is 5.73 Å². The van der Waals surface area contributed by atoms with Gasteiger partial charge in [0.25, 0.3) is 0 Å². The average molecular weight is 421 g/mol. The lowest BCUT2D eigenvalue weighted by molar-refractivity contribution is -0.137. The zero-order valence-corrected chi connectivity index (χ0v) is 16.6. The molecule has 0 radical (unpaired) electrons. The lowest BCUT2D eigenvalue weighted by Gasteiger charge is -2.40. The van der Waals surface area contributed by atoms with Crippen LogP contribution in [0.3, 0.4) is 0 Å². The van der Waals surface area contributed by atoms with Crippen LogP contribution in [-0.4, -0.2) is 31.2 Å². The largest absolute Gasteiger partial charge is 0.416 e. The van der Waals surface area contributed by atoms with Crippen molar-refractivity contribution in [3.05, 3.63) is 35.4 Å². The lowest BCUT2D eigenvalue weighted by Crippen LogP contribution is -2.57. The van der Waals surface area contributed by atoms with Crippen molar-refractivity contribution in [2.75, 3.05) is 19.8 Å². The van der Waals surface area contributed by atoms with Gasteiger partial charge in [-0.2, -0.15) is 13.2 Å². The summed E-state index contributed by atoms with van der Waals surface area (Å²) in [6.07, 6.45) is 0.967. The Labute approximate surface area is 169 Å². The summed E-state index contributed by atoms with van der Waals surface area (Å²) in [4.78, 5) is 12.7. The van der Waals surface area contributed by atoms with Crippen LogP contribution in [0.1, 0.15) is 56.1 Å². The van der Waals surface area contributed by atoms with E-state index in [0.717, 1.165) is 25.3 Å².